The Hall–Kier alpha value is -1.07. The molecule has 0 radical (unpaired) electrons. The summed E-state index contributed by atoms with van der Waals surface area (Å²) < 4.78 is 43.7. The maximum absolute atomic E-state index is 12.5. The molecule has 1 unspecified atom stereocenters. The van der Waals surface area contributed by atoms with E-state index >= 15 is 0 Å². The first-order valence-corrected chi connectivity index (χ1v) is 19.2. The molecule has 0 heterocycles. The molecule has 0 saturated carbocycles. The smallest absolute Gasteiger partial charge is 0.306 e. The van der Waals surface area contributed by atoms with Crippen LogP contribution in [0.25, 0.3) is 0 Å². The second kappa shape index (κ2) is 30.0. The highest BCUT2D eigenvalue weighted by atomic mass is 31.2. The minimum atomic E-state index is -4.62. The first kappa shape index (κ1) is 44.9. The van der Waals surface area contributed by atoms with E-state index in [1.54, 1.807) is 14.2 Å². The number of ether oxygens (including phenoxy) is 4. The van der Waals surface area contributed by atoms with Crippen molar-refractivity contribution in [3.05, 3.63) is 0 Å². The van der Waals surface area contributed by atoms with Crippen LogP contribution in [0.2, 0.25) is 0 Å². The lowest BCUT2D eigenvalue weighted by Gasteiger charge is -2.28. The Morgan fingerprint density at radius 2 is 1.00 bits per heavy atom. The minimum Gasteiger partial charge on any atom is -0.756 e. The highest BCUT2D eigenvalue weighted by Crippen LogP contribution is 2.38. The van der Waals surface area contributed by atoms with E-state index in [4.69, 9.17) is 28.0 Å². The fourth-order valence-electron chi connectivity index (χ4n) is 4.76. The van der Waals surface area contributed by atoms with Crippen LogP contribution in [0, 0.1) is 0 Å². The van der Waals surface area contributed by atoms with Crippen molar-refractivity contribution in [2.24, 2.45) is 0 Å². The van der Waals surface area contributed by atoms with Gasteiger partial charge in [-0.3, -0.25) is 14.2 Å². The minimum absolute atomic E-state index is 0.0358. The normalized spacial score (nSPS) is 13.8. The van der Waals surface area contributed by atoms with E-state index in [0.717, 1.165) is 71.0 Å². The number of phosphoric acid groups is 1. The molecule has 0 amide bonds. The summed E-state index contributed by atoms with van der Waals surface area (Å²) >= 11 is 0. The number of unbranched alkanes of at least 4 members (excludes halogenated alkanes) is 16. The molecule has 2 atom stereocenters. The predicted octanol–water partition coefficient (Wildman–Crippen LogP) is 6.74. The predicted molar refractivity (Wildman–Crippen MR) is 179 cm³/mol. The monoisotopic (exact) mass is 681 g/mol. The molecule has 0 aliphatic carbocycles. The standard InChI is InChI=1S/C34H68NO10P/c1-35(2,3)26-29-43-46(38,39)44-31-32(45-34(37)25-21-17-13-9-7-11-15-19-23-28-41-5)30-42-33(36)24-20-16-12-8-6-10-14-18-22-27-40-4/h32H,6-31H2,1-5H3/t32-/m1/s1. The molecule has 0 bridgehead atoms. The lowest BCUT2D eigenvalue weighted by atomic mass is 10.1. The fraction of sp³-hybridized carbons (Fsp3) is 0.941. The largest absolute Gasteiger partial charge is 0.756 e. The van der Waals surface area contributed by atoms with Gasteiger partial charge in [-0.25, -0.2) is 0 Å². The third-order valence-corrected chi connectivity index (χ3v) is 8.58. The zero-order valence-corrected chi connectivity index (χ0v) is 30.8. The molecule has 0 N–H and O–H groups in total. The van der Waals surface area contributed by atoms with Gasteiger partial charge in [-0.15, -0.1) is 0 Å². The molecular weight excluding hydrogens is 613 g/mol. The molecule has 0 aromatic rings. The molecule has 12 heteroatoms. The van der Waals surface area contributed by atoms with Crippen molar-refractivity contribution in [3.63, 3.8) is 0 Å². The maximum atomic E-state index is 12.5. The molecule has 0 saturated heterocycles. The van der Waals surface area contributed by atoms with Gasteiger partial charge in [0, 0.05) is 40.3 Å². The van der Waals surface area contributed by atoms with Crippen molar-refractivity contribution in [1.82, 2.24) is 0 Å². The van der Waals surface area contributed by atoms with Gasteiger partial charge in [-0.05, 0) is 25.7 Å². The van der Waals surface area contributed by atoms with Crippen LogP contribution >= 0.6 is 7.82 Å². The van der Waals surface area contributed by atoms with Crippen molar-refractivity contribution in [2.45, 2.75) is 135 Å². The van der Waals surface area contributed by atoms with E-state index in [0.29, 0.717) is 17.4 Å². The van der Waals surface area contributed by atoms with Gasteiger partial charge in [0.15, 0.2) is 6.10 Å². The maximum Gasteiger partial charge on any atom is 0.306 e. The van der Waals surface area contributed by atoms with E-state index in [2.05, 4.69) is 0 Å². The summed E-state index contributed by atoms with van der Waals surface area (Å²) in [7, 11) is 4.60. The van der Waals surface area contributed by atoms with Crippen molar-refractivity contribution < 1.29 is 51.5 Å². The summed E-state index contributed by atoms with van der Waals surface area (Å²) in [5.74, 6) is -0.865. The number of hydrogen-bond acceptors (Lipinski definition) is 10. The zero-order valence-electron chi connectivity index (χ0n) is 29.9. The van der Waals surface area contributed by atoms with Gasteiger partial charge >= 0.3 is 11.9 Å². The third kappa shape index (κ3) is 32.9. The SMILES string of the molecule is COCCCCCCCCCCCC(=O)OC[C@H](COP(=O)([O-])OCC[N+](C)(C)C)OC(=O)CCCCCCCCCCCOC. The number of phosphoric ester groups is 1. The molecule has 0 aliphatic rings. The van der Waals surface area contributed by atoms with Crippen LogP contribution in [0.1, 0.15) is 128 Å². The molecule has 0 spiro atoms. The topological polar surface area (TPSA) is 130 Å². The van der Waals surface area contributed by atoms with Crippen LogP contribution in [0.3, 0.4) is 0 Å². The Kier molecular flexibility index (Phi) is 29.3. The molecule has 11 nitrogen and oxygen atoms in total. The lowest BCUT2D eigenvalue weighted by Crippen LogP contribution is -2.37. The molecule has 0 aromatic heterocycles. The Morgan fingerprint density at radius 1 is 0.587 bits per heavy atom. The molecular formula is C34H68NO10P. The van der Waals surface area contributed by atoms with Gasteiger partial charge in [0.1, 0.15) is 19.8 Å². The first-order chi connectivity index (χ1) is 22.0. The molecule has 274 valence electrons. The molecule has 0 aromatic carbocycles. The van der Waals surface area contributed by atoms with Crippen LogP contribution in [-0.2, 0) is 42.1 Å². The third-order valence-electron chi connectivity index (χ3n) is 7.62. The van der Waals surface area contributed by atoms with Crippen molar-refractivity contribution in [3.8, 4) is 0 Å². The van der Waals surface area contributed by atoms with Crippen LogP contribution < -0.4 is 4.89 Å². The number of methoxy groups -OCH3 is 2. The first-order valence-electron chi connectivity index (χ1n) is 17.7. The van der Waals surface area contributed by atoms with Crippen molar-refractivity contribution >= 4 is 19.8 Å². The van der Waals surface area contributed by atoms with Gasteiger partial charge < -0.3 is 37.4 Å². The summed E-state index contributed by atoms with van der Waals surface area (Å²) in [5, 5.41) is 0. The summed E-state index contributed by atoms with van der Waals surface area (Å²) in [6.07, 6.45) is 19.0. The number of esters is 2. The zero-order chi connectivity index (χ0) is 34.4. The molecule has 46 heavy (non-hydrogen) atoms. The van der Waals surface area contributed by atoms with E-state index in [-0.39, 0.29) is 26.1 Å². The lowest BCUT2D eigenvalue weighted by molar-refractivity contribution is -0.870. The van der Waals surface area contributed by atoms with Crippen LogP contribution in [0.4, 0.5) is 0 Å². The summed E-state index contributed by atoms with van der Waals surface area (Å²) in [6.45, 7) is 1.34. The van der Waals surface area contributed by atoms with Gasteiger partial charge in [0.25, 0.3) is 7.82 Å². The fourth-order valence-corrected chi connectivity index (χ4v) is 5.49. The highest BCUT2D eigenvalue weighted by molar-refractivity contribution is 7.45. The Labute approximate surface area is 280 Å². The number of likely N-dealkylation sites (N-methyl/N-ethyl adjacent to an activating group) is 1. The van der Waals surface area contributed by atoms with Gasteiger partial charge in [0.2, 0.25) is 0 Å². The van der Waals surface area contributed by atoms with Gasteiger partial charge in [0.05, 0.1) is 27.7 Å². The van der Waals surface area contributed by atoms with Gasteiger partial charge in [-0.2, -0.15) is 0 Å². The Bertz CT molecular complexity index is 778. The number of nitrogens with zero attached hydrogens (tertiary/aromatic N) is 1. The number of quaternary nitrogens is 1. The van der Waals surface area contributed by atoms with Crippen LogP contribution in [-0.4, -0.2) is 97.5 Å². The summed E-state index contributed by atoms with van der Waals surface area (Å²) in [5.41, 5.74) is 0. The summed E-state index contributed by atoms with van der Waals surface area (Å²) in [4.78, 5) is 37.2. The van der Waals surface area contributed by atoms with E-state index < -0.39 is 32.5 Å². The summed E-state index contributed by atoms with van der Waals surface area (Å²) in [6, 6.07) is 0. The van der Waals surface area contributed by atoms with Crippen molar-refractivity contribution in [1.29, 1.82) is 0 Å². The van der Waals surface area contributed by atoms with E-state index in [1.165, 1.54) is 51.4 Å². The highest BCUT2D eigenvalue weighted by Gasteiger charge is 2.21. The average Bonchev–Trinajstić information content (AvgIpc) is 2.99. The Morgan fingerprint density at radius 3 is 1.43 bits per heavy atom. The van der Waals surface area contributed by atoms with Crippen LogP contribution in [0.15, 0.2) is 0 Å². The van der Waals surface area contributed by atoms with E-state index in [1.807, 2.05) is 21.1 Å². The second-order valence-electron chi connectivity index (χ2n) is 13.2. The van der Waals surface area contributed by atoms with Crippen molar-refractivity contribution in [2.75, 3.05) is 74.9 Å². The Balaban J connectivity index is 4.44. The van der Waals surface area contributed by atoms with Crippen LogP contribution in [0.5, 0.6) is 0 Å². The van der Waals surface area contributed by atoms with Gasteiger partial charge in [-0.1, -0.05) is 89.9 Å². The molecule has 0 aliphatic heterocycles. The second-order valence-corrected chi connectivity index (χ2v) is 14.6. The number of rotatable bonds is 34. The number of carbonyl (C=O) groups is 2. The quantitative estimate of drug-likeness (QED) is 0.0311. The number of carbonyl (C=O) groups excluding carboxylic acids is 2. The average molecular weight is 682 g/mol. The molecule has 0 rings (SSSR count). The molecule has 0 fully saturated rings. The van der Waals surface area contributed by atoms with E-state index in [9.17, 15) is 19.0 Å². The number of hydrogen-bond donors (Lipinski definition) is 0.